The second-order valence-corrected chi connectivity index (χ2v) is 6.04. The van der Waals surface area contributed by atoms with Gasteiger partial charge in [-0.05, 0) is 31.9 Å². The van der Waals surface area contributed by atoms with Crippen molar-refractivity contribution in [1.82, 2.24) is 9.71 Å². The van der Waals surface area contributed by atoms with E-state index < -0.39 is 10.0 Å². The van der Waals surface area contributed by atoms with Crippen molar-refractivity contribution in [2.45, 2.75) is 36.7 Å². The molecule has 0 bridgehead atoms. The number of nitrogens with zero attached hydrogens (tertiary/aromatic N) is 1. The zero-order chi connectivity index (χ0) is 11.8. The van der Waals surface area contributed by atoms with Crippen molar-refractivity contribution in [2.24, 2.45) is 5.73 Å². The molecule has 5 nitrogen and oxygen atoms in total. The van der Waals surface area contributed by atoms with E-state index in [1.807, 2.05) is 6.92 Å². The van der Waals surface area contributed by atoms with Crippen molar-refractivity contribution in [2.75, 3.05) is 0 Å². The fourth-order valence-corrected chi connectivity index (χ4v) is 2.77. The summed E-state index contributed by atoms with van der Waals surface area (Å²) in [7, 11) is -3.43. The number of aromatic nitrogens is 1. The van der Waals surface area contributed by atoms with Gasteiger partial charge in [-0.15, -0.1) is 0 Å². The molecule has 1 fully saturated rings. The molecule has 88 valence electrons. The number of hydrogen-bond acceptors (Lipinski definition) is 4. The van der Waals surface area contributed by atoms with E-state index >= 15 is 0 Å². The molecule has 1 aromatic heterocycles. The zero-order valence-corrected chi connectivity index (χ0v) is 9.92. The first-order valence-electron chi connectivity index (χ1n) is 5.14. The van der Waals surface area contributed by atoms with Crippen molar-refractivity contribution >= 4 is 10.0 Å². The smallest absolute Gasteiger partial charge is 0.242 e. The summed E-state index contributed by atoms with van der Waals surface area (Å²) in [6, 6.07) is 3.16. The lowest BCUT2D eigenvalue weighted by Gasteiger charge is -2.11. The summed E-state index contributed by atoms with van der Waals surface area (Å²) in [6.45, 7) is 2.21. The van der Waals surface area contributed by atoms with Crippen LogP contribution in [-0.2, 0) is 16.6 Å². The van der Waals surface area contributed by atoms with E-state index in [1.165, 1.54) is 12.3 Å². The predicted molar refractivity (Wildman–Crippen MR) is 60.1 cm³/mol. The number of hydrogen-bond donors (Lipinski definition) is 2. The maximum absolute atomic E-state index is 11.9. The SMILES string of the molecule is CC1(NS(=O)(=O)c2ccc(CN)nc2)CC1. The average Bonchev–Trinajstić information content (AvgIpc) is 2.95. The highest BCUT2D eigenvalue weighted by molar-refractivity contribution is 7.89. The van der Waals surface area contributed by atoms with Crippen molar-refractivity contribution in [3.8, 4) is 0 Å². The third kappa shape index (κ3) is 2.40. The van der Waals surface area contributed by atoms with Crippen molar-refractivity contribution in [3.63, 3.8) is 0 Å². The van der Waals surface area contributed by atoms with Gasteiger partial charge in [-0.1, -0.05) is 0 Å². The summed E-state index contributed by atoms with van der Waals surface area (Å²) in [5, 5.41) is 0. The Balaban J connectivity index is 2.21. The van der Waals surface area contributed by atoms with E-state index in [0.717, 1.165) is 12.8 Å². The molecule has 0 saturated heterocycles. The third-order valence-electron chi connectivity index (χ3n) is 2.70. The highest BCUT2D eigenvalue weighted by Gasteiger charge is 2.41. The van der Waals surface area contributed by atoms with Crippen LogP contribution in [0, 0.1) is 0 Å². The van der Waals surface area contributed by atoms with E-state index in [0.29, 0.717) is 12.2 Å². The molecule has 3 N–H and O–H groups in total. The molecule has 0 atom stereocenters. The Hall–Kier alpha value is -0.980. The molecular formula is C10H15N3O2S. The number of pyridine rings is 1. The third-order valence-corrected chi connectivity index (χ3v) is 4.32. The topological polar surface area (TPSA) is 85.1 Å². The fraction of sp³-hybridized carbons (Fsp3) is 0.500. The number of rotatable bonds is 4. The van der Waals surface area contributed by atoms with Crippen LogP contribution in [0.15, 0.2) is 23.2 Å². The summed E-state index contributed by atoms with van der Waals surface area (Å²) in [6.07, 6.45) is 3.12. The van der Waals surface area contributed by atoms with Gasteiger partial charge in [-0.3, -0.25) is 4.98 Å². The fourth-order valence-electron chi connectivity index (χ4n) is 1.36. The first-order chi connectivity index (χ1) is 7.45. The molecule has 1 aliphatic carbocycles. The lowest BCUT2D eigenvalue weighted by Crippen LogP contribution is -2.34. The van der Waals surface area contributed by atoms with Crippen LogP contribution in [-0.4, -0.2) is 18.9 Å². The quantitative estimate of drug-likeness (QED) is 0.797. The van der Waals surface area contributed by atoms with E-state index in [1.54, 1.807) is 6.07 Å². The highest BCUT2D eigenvalue weighted by atomic mass is 32.2. The maximum Gasteiger partial charge on any atom is 0.242 e. The molecule has 1 aliphatic rings. The van der Waals surface area contributed by atoms with Gasteiger partial charge in [0.15, 0.2) is 0 Å². The van der Waals surface area contributed by atoms with E-state index in [2.05, 4.69) is 9.71 Å². The highest BCUT2D eigenvalue weighted by Crippen LogP contribution is 2.35. The Morgan fingerprint density at radius 1 is 1.50 bits per heavy atom. The van der Waals surface area contributed by atoms with Crippen LogP contribution >= 0.6 is 0 Å². The normalized spacial score (nSPS) is 18.4. The molecule has 1 saturated carbocycles. The van der Waals surface area contributed by atoms with Gasteiger partial charge in [-0.2, -0.15) is 0 Å². The zero-order valence-electron chi connectivity index (χ0n) is 9.10. The summed E-state index contributed by atoms with van der Waals surface area (Å²) in [4.78, 5) is 4.16. The van der Waals surface area contributed by atoms with Crippen LogP contribution in [0.5, 0.6) is 0 Å². The van der Waals surface area contributed by atoms with Gasteiger partial charge in [0, 0.05) is 18.3 Å². The summed E-state index contributed by atoms with van der Waals surface area (Å²) in [5.74, 6) is 0. The first kappa shape index (κ1) is 11.5. The van der Waals surface area contributed by atoms with Crippen molar-refractivity contribution < 1.29 is 8.42 Å². The number of sulfonamides is 1. The van der Waals surface area contributed by atoms with Gasteiger partial charge in [0.05, 0.1) is 5.69 Å². The van der Waals surface area contributed by atoms with Crippen LogP contribution < -0.4 is 10.5 Å². The van der Waals surface area contributed by atoms with Crippen molar-refractivity contribution in [1.29, 1.82) is 0 Å². The van der Waals surface area contributed by atoms with Gasteiger partial charge in [-0.25, -0.2) is 13.1 Å². The molecular weight excluding hydrogens is 226 g/mol. The molecule has 0 radical (unpaired) electrons. The Labute approximate surface area is 95.1 Å². The monoisotopic (exact) mass is 241 g/mol. The second-order valence-electron chi connectivity index (χ2n) is 4.36. The summed E-state index contributed by atoms with van der Waals surface area (Å²) in [5.41, 5.74) is 5.81. The summed E-state index contributed by atoms with van der Waals surface area (Å²) >= 11 is 0. The lowest BCUT2D eigenvalue weighted by molar-refractivity contribution is 0.557. The van der Waals surface area contributed by atoms with Crippen LogP contribution in [0.4, 0.5) is 0 Å². The molecule has 0 unspecified atom stereocenters. The van der Waals surface area contributed by atoms with Gasteiger partial charge in [0.25, 0.3) is 0 Å². The minimum absolute atomic E-state index is 0.192. The molecule has 0 aromatic carbocycles. The second kappa shape index (κ2) is 3.80. The summed E-state index contributed by atoms with van der Waals surface area (Å²) < 4.78 is 26.5. The predicted octanol–water partition coefficient (Wildman–Crippen LogP) is 0.371. The van der Waals surface area contributed by atoms with Crippen molar-refractivity contribution in [3.05, 3.63) is 24.0 Å². The molecule has 2 rings (SSSR count). The lowest BCUT2D eigenvalue weighted by atomic mass is 10.4. The number of nitrogens with two attached hydrogens (primary N) is 1. The molecule has 1 heterocycles. The molecule has 6 heteroatoms. The van der Waals surface area contributed by atoms with Gasteiger partial charge < -0.3 is 5.73 Å². The van der Waals surface area contributed by atoms with E-state index in [4.69, 9.17) is 5.73 Å². The average molecular weight is 241 g/mol. The van der Waals surface area contributed by atoms with Crippen LogP contribution in [0.25, 0.3) is 0 Å². The van der Waals surface area contributed by atoms with E-state index in [-0.39, 0.29) is 10.4 Å². The van der Waals surface area contributed by atoms with Gasteiger partial charge >= 0.3 is 0 Å². The molecule has 16 heavy (non-hydrogen) atoms. The van der Waals surface area contributed by atoms with Gasteiger partial charge in [0.1, 0.15) is 4.90 Å². The Bertz CT molecular complexity index is 477. The standard InChI is InChI=1S/C10H15N3O2S/c1-10(4-5-10)13-16(14,15)9-3-2-8(6-11)12-7-9/h2-3,7,13H,4-6,11H2,1H3. The molecule has 0 aliphatic heterocycles. The maximum atomic E-state index is 11.9. The van der Waals surface area contributed by atoms with E-state index in [9.17, 15) is 8.42 Å². The minimum atomic E-state index is -3.43. The Morgan fingerprint density at radius 3 is 2.62 bits per heavy atom. The van der Waals surface area contributed by atoms with Crippen LogP contribution in [0.3, 0.4) is 0 Å². The Morgan fingerprint density at radius 2 is 2.19 bits per heavy atom. The largest absolute Gasteiger partial charge is 0.325 e. The Kier molecular flexibility index (Phi) is 2.73. The number of nitrogens with one attached hydrogen (secondary N) is 1. The van der Waals surface area contributed by atoms with Crippen LogP contribution in [0.2, 0.25) is 0 Å². The minimum Gasteiger partial charge on any atom is -0.325 e. The first-order valence-corrected chi connectivity index (χ1v) is 6.62. The van der Waals surface area contributed by atoms with Gasteiger partial charge in [0.2, 0.25) is 10.0 Å². The van der Waals surface area contributed by atoms with Crippen LogP contribution in [0.1, 0.15) is 25.5 Å². The molecule has 0 amide bonds. The molecule has 0 spiro atoms. The molecule has 1 aromatic rings.